The number of aromatic nitrogens is 3. The quantitative estimate of drug-likeness (QED) is 0.643. The summed E-state index contributed by atoms with van der Waals surface area (Å²) < 4.78 is 31.0. The molecule has 3 fully saturated rings. The van der Waals surface area contributed by atoms with Crippen molar-refractivity contribution in [3.63, 3.8) is 0 Å². The molecular formula is C23H25FN4O4. The minimum absolute atomic E-state index is 0.108. The topological polar surface area (TPSA) is 92.7 Å². The highest BCUT2D eigenvalue weighted by atomic mass is 19.1. The van der Waals surface area contributed by atoms with Gasteiger partial charge in [0.2, 0.25) is 0 Å². The molecule has 3 saturated heterocycles. The Bertz CT molecular complexity index is 1100. The molecule has 8 nitrogen and oxygen atoms in total. The molecule has 6 rings (SSSR count). The normalized spacial score (nSPS) is 28.5. The molecule has 3 aliphatic rings. The van der Waals surface area contributed by atoms with Crippen LogP contribution in [0.3, 0.4) is 0 Å². The van der Waals surface area contributed by atoms with E-state index in [2.05, 4.69) is 19.9 Å². The van der Waals surface area contributed by atoms with Crippen molar-refractivity contribution in [1.82, 2.24) is 15.0 Å². The Balaban J connectivity index is 1.07. The minimum Gasteiger partial charge on any atom is -0.388 e. The number of halogens is 1. The number of aliphatic hydroxyl groups is 1. The lowest BCUT2D eigenvalue weighted by atomic mass is 10.1. The van der Waals surface area contributed by atoms with E-state index >= 15 is 0 Å². The van der Waals surface area contributed by atoms with Crippen molar-refractivity contribution in [2.24, 2.45) is 0 Å². The molecule has 3 aromatic rings. The highest BCUT2D eigenvalue weighted by molar-refractivity contribution is 5.79. The number of hydrogen-bond acceptors (Lipinski definition) is 7. The molecule has 0 bridgehead atoms. The van der Waals surface area contributed by atoms with Crippen LogP contribution in [0.4, 0.5) is 10.2 Å². The summed E-state index contributed by atoms with van der Waals surface area (Å²) in [6.45, 7) is 2.50. The predicted octanol–water partition coefficient (Wildman–Crippen LogP) is 2.28. The number of fused-ring (bicyclic) bond motifs is 2. The van der Waals surface area contributed by atoms with Gasteiger partial charge < -0.3 is 29.2 Å². The number of nitrogens with zero attached hydrogens (tertiary/aromatic N) is 3. The minimum atomic E-state index is -0.551. The van der Waals surface area contributed by atoms with Gasteiger partial charge in [0.1, 0.15) is 41.9 Å². The largest absolute Gasteiger partial charge is 0.388 e. The first-order chi connectivity index (χ1) is 15.6. The van der Waals surface area contributed by atoms with Gasteiger partial charge in [-0.05, 0) is 43.2 Å². The zero-order valence-electron chi connectivity index (χ0n) is 17.5. The third-order valence-electron chi connectivity index (χ3n) is 6.58. The molecule has 0 unspecified atom stereocenters. The molecule has 0 amide bonds. The fourth-order valence-electron chi connectivity index (χ4n) is 4.86. The van der Waals surface area contributed by atoms with Crippen molar-refractivity contribution >= 4 is 16.9 Å². The van der Waals surface area contributed by atoms with E-state index in [1.807, 2.05) is 12.1 Å². The fourth-order valence-corrected chi connectivity index (χ4v) is 4.86. The van der Waals surface area contributed by atoms with Crippen LogP contribution in [0.15, 0.2) is 36.5 Å². The lowest BCUT2D eigenvalue weighted by Crippen LogP contribution is -2.41. The Morgan fingerprint density at radius 2 is 1.94 bits per heavy atom. The molecule has 0 aliphatic carbocycles. The van der Waals surface area contributed by atoms with E-state index < -0.39 is 6.10 Å². The zero-order valence-corrected chi connectivity index (χ0v) is 17.5. The number of ether oxygens (including phenoxy) is 3. The molecule has 9 heteroatoms. The van der Waals surface area contributed by atoms with Gasteiger partial charge >= 0.3 is 0 Å². The molecule has 168 valence electrons. The van der Waals surface area contributed by atoms with Crippen LogP contribution in [0.2, 0.25) is 0 Å². The average Bonchev–Trinajstić information content (AvgIpc) is 3.51. The lowest BCUT2D eigenvalue weighted by molar-refractivity contribution is -0.0782. The number of H-pyrrole nitrogens is 1. The number of rotatable bonds is 4. The lowest BCUT2D eigenvalue weighted by Gasteiger charge is -2.34. The number of benzene rings is 1. The first-order valence-corrected chi connectivity index (χ1v) is 11.1. The standard InChI is InChI=1S/C23H25FN4O4/c24-14-2-3-16-17(9-14)27-23(26-16)13-1-4-20(25-10-13)28-7-5-15(6-8-28)32-19-12-31-21-18(29)11-30-22(19)21/h1-4,9-10,15,18-19,21-22,29H,5-8,11-12H2,(H,26,27)/t18-,19+,21-,22-/m1/s1. The second-order valence-corrected chi connectivity index (χ2v) is 8.68. The smallest absolute Gasteiger partial charge is 0.140 e. The molecule has 32 heavy (non-hydrogen) atoms. The van der Waals surface area contributed by atoms with Crippen molar-refractivity contribution < 1.29 is 23.7 Å². The van der Waals surface area contributed by atoms with E-state index in [-0.39, 0.29) is 30.2 Å². The Labute approximate surface area is 184 Å². The van der Waals surface area contributed by atoms with Gasteiger partial charge in [0.15, 0.2) is 0 Å². The number of hydrogen-bond donors (Lipinski definition) is 2. The number of piperidine rings is 1. The van der Waals surface area contributed by atoms with Gasteiger partial charge in [-0.3, -0.25) is 0 Å². The predicted molar refractivity (Wildman–Crippen MR) is 115 cm³/mol. The van der Waals surface area contributed by atoms with Gasteiger partial charge in [-0.2, -0.15) is 0 Å². The number of imidazole rings is 1. The molecule has 4 atom stereocenters. The van der Waals surface area contributed by atoms with Crippen molar-refractivity contribution in [3.05, 3.63) is 42.3 Å². The maximum atomic E-state index is 13.4. The Morgan fingerprint density at radius 1 is 1.09 bits per heavy atom. The molecular weight excluding hydrogens is 415 g/mol. The van der Waals surface area contributed by atoms with Crippen LogP contribution in [-0.2, 0) is 14.2 Å². The maximum Gasteiger partial charge on any atom is 0.140 e. The first-order valence-electron chi connectivity index (χ1n) is 11.1. The molecule has 2 N–H and O–H groups in total. The van der Waals surface area contributed by atoms with Crippen molar-refractivity contribution in [1.29, 1.82) is 0 Å². The molecule has 1 aromatic carbocycles. The Morgan fingerprint density at radius 3 is 2.75 bits per heavy atom. The summed E-state index contributed by atoms with van der Waals surface area (Å²) in [5, 5.41) is 9.88. The molecule has 0 saturated carbocycles. The number of aliphatic hydroxyl groups excluding tert-OH is 1. The Kier molecular flexibility index (Phi) is 5.06. The van der Waals surface area contributed by atoms with Crippen LogP contribution in [0.1, 0.15) is 12.8 Å². The summed E-state index contributed by atoms with van der Waals surface area (Å²) in [4.78, 5) is 14.6. The SMILES string of the molecule is O[C@@H]1CO[C@H]2[C@@H]1OC[C@@H]2OC1CCN(c2ccc(-c3nc4ccc(F)cc4[nH]3)cn2)CC1. The molecule has 3 aliphatic heterocycles. The van der Waals surface area contributed by atoms with Crippen LogP contribution >= 0.6 is 0 Å². The van der Waals surface area contributed by atoms with Crippen LogP contribution < -0.4 is 4.90 Å². The van der Waals surface area contributed by atoms with Gasteiger partial charge in [-0.15, -0.1) is 0 Å². The van der Waals surface area contributed by atoms with E-state index in [9.17, 15) is 9.50 Å². The monoisotopic (exact) mass is 440 g/mol. The van der Waals surface area contributed by atoms with Gasteiger partial charge in [-0.1, -0.05) is 0 Å². The molecule has 0 radical (unpaired) electrons. The van der Waals surface area contributed by atoms with Gasteiger partial charge in [0, 0.05) is 24.8 Å². The van der Waals surface area contributed by atoms with Crippen molar-refractivity contribution in [2.75, 3.05) is 31.2 Å². The summed E-state index contributed by atoms with van der Waals surface area (Å²) >= 11 is 0. The summed E-state index contributed by atoms with van der Waals surface area (Å²) in [6, 6.07) is 8.49. The summed E-state index contributed by atoms with van der Waals surface area (Å²) in [6.07, 6.45) is 2.67. The van der Waals surface area contributed by atoms with Gasteiger partial charge in [0.25, 0.3) is 0 Å². The summed E-state index contributed by atoms with van der Waals surface area (Å²) in [7, 11) is 0. The fraction of sp³-hybridized carbons (Fsp3) is 0.478. The van der Waals surface area contributed by atoms with E-state index in [0.717, 1.165) is 42.8 Å². The van der Waals surface area contributed by atoms with Crippen LogP contribution in [0.5, 0.6) is 0 Å². The number of anilines is 1. The van der Waals surface area contributed by atoms with Crippen molar-refractivity contribution in [2.45, 2.75) is 43.4 Å². The number of pyridine rings is 1. The third-order valence-corrected chi connectivity index (χ3v) is 6.58. The third kappa shape index (κ3) is 3.65. The second kappa shape index (κ2) is 8.08. The zero-order chi connectivity index (χ0) is 21.7. The highest BCUT2D eigenvalue weighted by Gasteiger charge is 2.48. The molecule has 5 heterocycles. The van der Waals surface area contributed by atoms with Crippen molar-refractivity contribution in [3.8, 4) is 11.4 Å². The number of nitrogens with one attached hydrogen (secondary N) is 1. The summed E-state index contributed by atoms with van der Waals surface area (Å²) in [5.74, 6) is 1.30. The molecule has 2 aromatic heterocycles. The van der Waals surface area contributed by atoms with Crippen LogP contribution in [-0.4, -0.2) is 76.9 Å². The average molecular weight is 440 g/mol. The summed E-state index contributed by atoms with van der Waals surface area (Å²) in [5.41, 5.74) is 2.25. The van der Waals surface area contributed by atoms with E-state index in [1.165, 1.54) is 12.1 Å². The first kappa shape index (κ1) is 20.0. The van der Waals surface area contributed by atoms with E-state index in [1.54, 1.807) is 12.3 Å². The maximum absolute atomic E-state index is 13.4. The second-order valence-electron chi connectivity index (χ2n) is 8.68. The molecule has 0 spiro atoms. The highest BCUT2D eigenvalue weighted by Crippen LogP contribution is 2.31. The van der Waals surface area contributed by atoms with E-state index in [0.29, 0.717) is 24.6 Å². The van der Waals surface area contributed by atoms with Gasteiger partial charge in [0.05, 0.1) is 30.4 Å². The number of aromatic amines is 1. The van der Waals surface area contributed by atoms with E-state index in [4.69, 9.17) is 14.2 Å². The van der Waals surface area contributed by atoms with Gasteiger partial charge in [-0.25, -0.2) is 14.4 Å². The van der Waals surface area contributed by atoms with Crippen LogP contribution in [0, 0.1) is 5.82 Å². The van der Waals surface area contributed by atoms with Crippen LogP contribution in [0.25, 0.3) is 22.4 Å². The Hall–Kier alpha value is -2.59.